The Hall–Kier alpha value is -6.92. The van der Waals surface area contributed by atoms with E-state index in [0.717, 1.165) is 33.4 Å². The van der Waals surface area contributed by atoms with Crippen molar-refractivity contribution in [1.29, 1.82) is 0 Å². The van der Waals surface area contributed by atoms with Crippen LogP contribution < -0.4 is 14.1 Å². The van der Waals surface area contributed by atoms with Gasteiger partial charge in [0.2, 0.25) is 11.0 Å². The van der Waals surface area contributed by atoms with Crippen LogP contribution in [0, 0.1) is 0 Å². The molecule has 15 rings (SSSR count). The molecule has 0 fully saturated rings. The van der Waals surface area contributed by atoms with Crippen molar-refractivity contribution >= 4 is 98.1 Å². The average Bonchev–Trinajstić information content (AvgIpc) is 3.96. The molecule has 8 heterocycles. The fourth-order valence-electron chi connectivity index (χ4n) is 10.7. The van der Waals surface area contributed by atoms with Crippen molar-refractivity contribution in [2.24, 2.45) is 0 Å². The Morgan fingerprint density at radius 3 is 1.61 bits per heavy atom. The lowest BCUT2D eigenvalue weighted by atomic mass is 9.84. The number of fused-ring (bicyclic) bond motifs is 15. The summed E-state index contributed by atoms with van der Waals surface area (Å²) in [5.74, 6) is 1.80. The van der Waals surface area contributed by atoms with Crippen molar-refractivity contribution < 1.29 is 18.5 Å². The Morgan fingerprint density at radius 1 is 0.392 bits per heavy atom. The second-order valence-corrected chi connectivity index (χ2v) is 14.5. The SMILES string of the molecule is c1ccc2c(c1)oc1cc3c(cc12)c1ccc2c4c1n1c3c3ccccc3[n+]1C41c3c(ccc4c5ccccc5c5c6ccccc6[n+]1n5c34)O2. The molecule has 0 radical (unpaired) electrons. The van der Waals surface area contributed by atoms with Gasteiger partial charge in [-0.05, 0) is 74.7 Å². The van der Waals surface area contributed by atoms with Crippen molar-refractivity contribution in [2.45, 2.75) is 5.66 Å². The molecule has 1 atom stereocenters. The minimum Gasteiger partial charge on any atom is -0.456 e. The lowest BCUT2D eigenvalue weighted by Gasteiger charge is -2.24. The number of nitrogens with zero attached hydrogens (tertiary/aromatic N) is 4. The van der Waals surface area contributed by atoms with Crippen molar-refractivity contribution in [3.8, 4) is 11.5 Å². The van der Waals surface area contributed by atoms with E-state index < -0.39 is 5.66 Å². The predicted molar refractivity (Wildman–Crippen MR) is 199 cm³/mol. The maximum atomic E-state index is 7.04. The highest BCUT2D eigenvalue weighted by Gasteiger charge is 2.73. The van der Waals surface area contributed by atoms with E-state index in [4.69, 9.17) is 9.15 Å². The average molecular weight is 651 g/mol. The zero-order valence-corrected chi connectivity index (χ0v) is 26.8. The lowest BCUT2D eigenvalue weighted by molar-refractivity contribution is -0.992. The van der Waals surface area contributed by atoms with E-state index in [1.165, 1.54) is 87.3 Å². The number of ether oxygens (including phenoxy) is 1. The molecule has 51 heavy (non-hydrogen) atoms. The van der Waals surface area contributed by atoms with Gasteiger partial charge in [0, 0.05) is 44.5 Å². The zero-order valence-electron chi connectivity index (χ0n) is 26.8. The first-order valence-electron chi connectivity index (χ1n) is 17.5. The van der Waals surface area contributed by atoms with Crippen LogP contribution in [-0.2, 0) is 5.66 Å². The van der Waals surface area contributed by atoms with Crippen molar-refractivity contribution in [3.05, 3.63) is 145 Å². The van der Waals surface area contributed by atoms with E-state index in [9.17, 15) is 0 Å². The summed E-state index contributed by atoms with van der Waals surface area (Å²) >= 11 is 0. The molecule has 1 spiro atoms. The van der Waals surface area contributed by atoms with Gasteiger partial charge in [-0.2, -0.15) is 0 Å². The molecule has 0 amide bonds. The Labute approximate surface area is 286 Å². The van der Waals surface area contributed by atoms with Gasteiger partial charge in [-0.25, -0.2) is 0 Å². The highest BCUT2D eigenvalue weighted by Crippen LogP contribution is 2.57. The van der Waals surface area contributed by atoms with Crippen molar-refractivity contribution in [3.63, 3.8) is 0 Å². The first kappa shape index (κ1) is 24.3. The molecule has 1 unspecified atom stereocenters. The fourth-order valence-corrected chi connectivity index (χ4v) is 10.7. The predicted octanol–water partition coefficient (Wildman–Crippen LogP) is 9.62. The molecule has 0 saturated heterocycles. The zero-order chi connectivity index (χ0) is 32.5. The van der Waals surface area contributed by atoms with Crippen molar-refractivity contribution in [1.82, 2.24) is 9.03 Å². The lowest BCUT2D eigenvalue weighted by Crippen LogP contribution is -2.74. The number of benzene rings is 7. The summed E-state index contributed by atoms with van der Waals surface area (Å²) in [6, 6.07) is 48.7. The number of rotatable bonds is 0. The number of furan rings is 1. The number of hydrogen-bond acceptors (Lipinski definition) is 2. The third kappa shape index (κ3) is 2.27. The summed E-state index contributed by atoms with van der Waals surface area (Å²) in [6.45, 7) is 0. The van der Waals surface area contributed by atoms with Crippen LogP contribution in [0.5, 0.6) is 11.5 Å². The molecule has 3 aliphatic heterocycles. The highest BCUT2D eigenvalue weighted by atomic mass is 16.5. The Morgan fingerprint density at radius 2 is 0.922 bits per heavy atom. The van der Waals surface area contributed by atoms with Gasteiger partial charge in [-0.3, -0.25) is 0 Å². The van der Waals surface area contributed by atoms with Crippen LogP contribution >= 0.6 is 0 Å². The fraction of sp³-hybridized carbons (Fsp3) is 0.0222. The third-order valence-electron chi connectivity index (χ3n) is 12.4. The quantitative estimate of drug-likeness (QED) is 0.121. The molecule has 7 aromatic carbocycles. The van der Waals surface area contributed by atoms with Gasteiger partial charge in [0.15, 0.2) is 11.1 Å². The first-order chi connectivity index (χ1) is 25.3. The van der Waals surface area contributed by atoms with E-state index in [0.29, 0.717) is 0 Å². The highest BCUT2D eigenvalue weighted by molar-refractivity contribution is 6.24. The first-order valence-corrected chi connectivity index (χ1v) is 17.5. The second-order valence-electron chi connectivity index (χ2n) is 14.5. The number of aromatic nitrogens is 4. The van der Waals surface area contributed by atoms with E-state index in [-0.39, 0.29) is 0 Å². The molecule has 6 heteroatoms. The van der Waals surface area contributed by atoms with E-state index in [2.05, 4.69) is 146 Å². The standard InChI is InChI=1S/C45H22N4O2/c1-2-11-25-23(9-1)26-17-19-36-39-43(26)46-41(25)28-12-3-6-14-33(28)48(46)45(39)40-37(51-36)20-18-27-30-21-31-24-10-5-8-16-35(24)50-38(31)22-32(30)42-29-13-4-7-15-34(29)49(45)47(42)44(27)40/h1-22H/q+2. The molecule has 0 N–H and O–H groups in total. The monoisotopic (exact) mass is 650 g/mol. The summed E-state index contributed by atoms with van der Waals surface area (Å²) in [5, 5.41) is 12.1. The molecule has 0 saturated carbocycles. The van der Waals surface area contributed by atoms with Crippen LogP contribution in [0.2, 0.25) is 0 Å². The maximum absolute atomic E-state index is 7.04. The van der Waals surface area contributed by atoms with Crippen LogP contribution in [0.15, 0.2) is 138 Å². The minimum atomic E-state index is -0.759. The summed E-state index contributed by atoms with van der Waals surface area (Å²) in [4.78, 5) is 0. The van der Waals surface area contributed by atoms with Gasteiger partial charge in [0.25, 0.3) is 0 Å². The maximum Gasteiger partial charge on any atom is 0.470 e. The van der Waals surface area contributed by atoms with Crippen LogP contribution in [0.4, 0.5) is 0 Å². The summed E-state index contributed by atoms with van der Waals surface area (Å²) < 4.78 is 23.8. The summed E-state index contributed by atoms with van der Waals surface area (Å²) in [7, 11) is 0. The van der Waals surface area contributed by atoms with Gasteiger partial charge >= 0.3 is 5.66 Å². The Bertz CT molecular complexity index is 3750. The van der Waals surface area contributed by atoms with Gasteiger partial charge in [-0.15, -0.1) is 9.03 Å². The third-order valence-corrected chi connectivity index (χ3v) is 12.4. The molecule has 0 bridgehead atoms. The van der Waals surface area contributed by atoms with Crippen LogP contribution in [0.3, 0.4) is 0 Å². The van der Waals surface area contributed by atoms with Gasteiger partial charge < -0.3 is 9.15 Å². The van der Waals surface area contributed by atoms with E-state index in [1.807, 2.05) is 6.07 Å². The Balaban J connectivity index is 1.28. The van der Waals surface area contributed by atoms with Crippen LogP contribution in [0.25, 0.3) is 98.1 Å². The Kier molecular flexibility index (Phi) is 3.55. The van der Waals surface area contributed by atoms with E-state index in [1.54, 1.807) is 0 Å². The number of pyridine rings is 2. The molecule has 0 aliphatic carbocycles. The molecular weight excluding hydrogens is 629 g/mol. The van der Waals surface area contributed by atoms with Gasteiger partial charge in [-0.1, -0.05) is 66.7 Å². The second kappa shape index (κ2) is 7.47. The van der Waals surface area contributed by atoms with Crippen LogP contribution in [-0.4, -0.2) is 9.03 Å². The number of hydrogen-bond donors (Lipinski definition) is 0. The summed E-state index contributed by atoms with van der Waals surface area (Å²) in [5.41, 5.74) is 10.6. The minimum absolute atomic E-state index is 0.759. The van der Waals surface area contributed by atoms with Gasteiger partial charge in [0.1, 0.15) is 44.7 Å². The smallest absolute Gasteiger partial charge is 0.456 e. The normalized spacial score (nSPS) is 16.9. The molecule has 232 valence electrons. The number of para-hydroxylation sites is 3. The molecule has 5 aromatic heterocycles. The molecule has 12 aromatic rings. The van der Waals surface area contributed by atoms with Crippen LogP contribution in [0.1, 0.15) is 11.1 Å². The van der Waals surface area contributed by atoms with E-state index >= 15 is 0 Å². The van der Waals surface area contributed by atoms with Crippen molar-refractivity contribution in [2.75, 3.05) is 0 Å². The largest absolute Gasteiger partial charge is 0.470 e. The topological polar surface area (TPSA) is 39.0 Å². The molecular formula is C45H22N4O2+2. The summed E-state index contributed by atoms with van der Waals surface area (Å²) in [6.07, 6.45) is 0. The van der Waals surface area contributed by atoms with Gasteiger partial charge in [0.05, 0.1) is 10.8 Å². The molecule has 3 aliphatic rings. The molecule has 6 nitrogen and oxygen atoms in total.